The van der Waals surface area contributed by atoms with Crippen LogP contribution in [0.15, 0.2) is 49.6 Å². The first-order valence-electron chi connectivity index (χ1n) is 14.7. The predicted octanol–water partition coefficient (Wildman–Crippen LogP) is 5.66. The largest absolute Gasteiger partial charge is 0.467 e. The van der Waals surface area contributed by atoms with Crippen LogP contribution in [0.4, 0.5) is 10.5 Å². The zero-order chi connectivity index (χ0) is 31.9. The van der Waals surface area contributed by atoms with E-state index in [1.807, 2.05) is 70.1 Å². The van der Waals surface area contributed by atoms with Gasteiger partial charge >= 0.3 is 12.1 Å². The lowest BCUT2D eigenvalue weighted by Crippen LogP contribution is -2.57. The van der Waals surface area contributed by atoms with Gasteiger partial charge in [-0.3, -0.25) is 4.79 Å². The van der Waals surface area contributed by atoms with Gasteiger partial charge in [0.15, 0.2) is 0 Å². The van der Waals surface area contributed by atoms with Crippen LogP contribution in [0.2, 0.25) is 0 Å². The number of fused-ring (bicyclic) bond motifs is 1. The molecule has 9 heteroatoms. The average molecular weight is 594 g/mol. The molecule has 1 fully saturated rings. The van der Waals surface area contributed by atoms with Crippen molar-refractivity contribution >= 4 is 40.5 Å². The summed E-state index contributed by atoms with van der Waals surface area (Å²) in [5.41, 5.74) is 1.22. The number of hydrogen-bond donors (Lipinski definition) is 1. The van der Waals surface area contributed by atoms with Crippen LogP contribution in [0.5, 0.6) is 0 Å². The number of ether oxygens (including phenoxy) is 3. The Hall–Kier alpha value is -3.85. The number of nitrogens with one attached hydrogen (secondary N) is 1. The second kappa shape index (κ2) is 14.1. The van der Waals surface area contributed by atoms with E-state index in [0.29, 0.717) is 6.42 Å². The number of anilines is 1. The van der Waals surface area contributed by atoms with Gasteiger partial charge in [-0.2, -0.15) is 0 Å². The average Bonchev–Trinajstić information content (AvgIpc) is 3.38. The monoisotopic (exact) mass is 593 g/mol. The summed E-state index contributed by atoms with van der Waals surface area (Å²) in [7, 11) is 6.86. The Labute approximate surface area is 255 Å². The number of carbonyl (C=O) groups is 3. The minimum atomic E-state index is -0.981. The van der Waals surface area contributed by atoms with Gasteiger partial charge in [-0.15, -0.1) is 6.58 Å². The summed E-state index contributed by atoms with van der Waals surface area (Å²) in [6.45, 7) is 13.6. The predicted molar refractivity (Wildman–Crippen MR) is 171 cm³/mol. The first-order valence-corrected chi connectivity index (χ1v) is 14.7. The zero-order valence-corrected chi connectivity index (χ0v) is 26.7. The van der Waals surface area contributed by atoms with Crippen LogP contribution in [0, 0.1) is 5.41 Å². The summed E-state index contributed by atoms with van der Waals surface area (Å²) in [6, 6.07) is 8.35. The fourth-order valence-electron chi connectivity index (χ4n) is 5.59. The Kier molecular flexibility index (Phi) is 11.0. The number of alkyl carbamates (subject to hydrolysis) is 1. The molecular weight excluding hydrogens is 546 g/mol. The van der Waals surface area contributed by atoms with Gasteiger partial charge in [0.1, 0.15) is 17.7 Å². The summed E-state index contributed by atoms with van der Waals surface area (Å²) >= 11 is 0. The molecule has 2 aromatic rings. The highest BCUT2D eigenvalue weighted by Crippen LogP contribution is 2.42. The van der Waals surface area contributed by atoms with Gasteiger partial charge in [-0.25, -0.2) is 9.59 Å². The molecule has 2 amide bonds. The number of unbranched alkanes of at least 4 members (excludes halogenated alkanes) is 2. The summed E-state index contributed by atoms with van der Waals surface area (Å²) < 4.78 is 16.6. The highest BCUT2D eigenvalue weighted by Gasteiger charge is 2.53. The quantitative estimate of drug-likeness (QED) is 0.193. The molecule has 0 aromatic heterocycles. The van der Waals surface area contributed by atoms with Crippen molar-refractivity contribution in [1.29, 1.82) is 0 Å². The van der Waals surface area contributed by atoms with E-state index < -0.39 is 41.1 Å². The maximum Gasteiger partial charge on any atom is 0.407 e. The van der Waals surface area contributed by atoms with Gasteiger partial charge < -0.3 is 29.3 Å². The van der Waals surface area contributed by atoms with Gasteiger partial charge in [0.2, 0.25) is 5.91 Å². The molecule has 3 atom stereocenters. The third-order valence-electron chi connectivity index (χ3n) is 8.10. The lowest BCUT2D eigenvalue weighted by Gasteiger charge is -2.35. The molecule has 0 radical (unpaired) electrons. The van der Waals surface area contributed by atoms with Crippen molar-refractivity contribution in [2.75, 3.05) is 46.4 Å². The molecule has 1 aliphatic heterocycles. The highest BCUT2D eigenvalue weighted by molar-refractivity contribution is 5.92. The first-order chi connectivity index (χ1) is 20.3. The number of rotatable bonds is 12. The highest BCUT2D eigenvalue weighted by atomic mass is 16.5. The van der Waals surface area contributed by atoms with Crippen LogP contribution in [-0.2, 0) is 29.4 Å². The Morgan fingerprint density at radius 3 is 2.42 bits per heavy atom. The molecule has 1 N–H and O–H groups in total. The zero-order valence-electron chi connectivity index (χ0n) is 26.7. The smallest absolute Gasteiger partial charge is 0.407 e. The van der Waals surface area contributed by atoms with E-state index in [9.17, 15) is 14.4 Å². The number of methoxy groups -OCH3 is 2. The van der Waals surface area contributed by atoms with Crippen molar-refractivity contribution in [3.05, 3.63) is 60.7 Å². The van der Waals surface area contributed by atoms with Crippen molar-refractivity contribution in [2.45, 2.75) is 64.1 Å². The number of carbonyl (C=O) groups excluding carboxylic acids is 3. The van der Waals surface area contributed by atoms with E-state index in [1.165, 1.54) is 12.0 Å². The topological polar surface area (TPSA) is 97.4 Å². The maximum atomic E-state index is 14.2. The number of likely N-dealkylation sites (tertiary alicyclic amines) is 1. The molecule has 1 saturated heterocycles. The minimum absolute atomic E-state index is 0.0998. The van der Waals surface area contributed by atoms with Crippen LogP contribution in [0.3, 0.4) is 0 Å². The first kappa shape index (κ1) is 33.6. The Morgan fingerprint density at radius 1 is 1.12 bits per heavy atom. The summed E-state index contributed by atoms with van der Waals surface area (Å²) in [5.74, 6) is -0.953. The number of nitrogens with zero attached hydrogens (tertiary/aromatic N) is 2. The van der Waals surface area contributed by atoms with E-state index in [4.69, 9.17) is 14.2 Å². The van der Waals surface area contributed by atoms with Gasteiger partial charge in [0, 0.05) is 33.3 Å². The Bertz CT molecular complexity index is 1350. The number of hydrogen-bond acceptors (Lipinski definition) is 7. The Morgan fingerprint density at radius 2 is 1.84 bits per heavy atom. The molecule has 1 aliphatic rings. The lowest BCUT2D eigenvalue weighted by atomic mass is 9.85. The molecule has 0 unspecified atom stereocenters. The van der Waals surface area contributed by atoms with Crippen molar-refractivity contribution in [3.63, 3.8) is 0 Å². The van der Waals surface area contributed by atoms with Crippen LogP contribution < -0.4 is 10.2 Å². The van der Waals surface area contributed by atoms with Gasteiger partial charge in [-0.05, 0) is 64.8 Å². The number of benzene rings is 2. The molecular formula is C34H47N3O6. The molecule has 0 saturated carbocycles. The minimum Gasteiger partial charge on any atom is -0.467 e. The van der Waals surface area contributed by atoms with E-state index in [2.05, 4.69) is 30.6 Å². The second-order valence-corrected chi connectivity index (χ2v) is 12.3. The lowest BCUT2D eigenvalue weighted by molar-refractivity contribution is -0.152. The summed E-state index contributed by atoms with van der Waals surface area (Å²) in [6.07, 6.45) is 5.54. The Balaban J connectivity index is 1.96. The second-order valence-electron chi connectivity index (χ2n) is 12.3. The molecule has 0 aliphatic carbocycles. The SMILES string of the molecule is C=CCCCCOC(=O)N[C@H](C(=O)N1C[C@](OC)(c2ccc3cc(N(C)C)c(C=C)cc3c2)C[C@H]1C(=O)OC)C(C)(C)C. The van der Waals surface area contributed by atoms with E-state index in [0.717, 1.165) is 40.4 Å². The number of esters is 1. The maximum absolute atomic E-state index is 14.2. The van der Waals surface area contributed by atoms with Crippen LogP contribution in [0.25, 0.3) is 16.8 Å². The molecule has 0 spiro atoms. The molecule has 234 valence electrons. The van der Waals surface area contributed by atoms with Crippen molar-refractivity contribution < 1.29 is 28.6 Å². The van der Waals surface area contributed by atoms with Gasteiger partial charge in [-0.1, -0.05) is 51.6 Å². The third kappa shape index (κ3) is 7.57. The number of amides is 2. The molecule has 1 heterocycles. The van der Waals surface area contributed by atoms with E-state index in [1.54, 1.807) is 7.11 Å². The van der Waals surface area contributed by atoms with Crippen LogP contribution in [-0.4, -0.2) is 76.4 Å². The van der Waals surface area contributed by atoms with E-state index in [-0.39, 0.29) is 19.6 Å². The standard InChI is InChI=1S/C34H47N3O6/c1-10-12-13-14-17-43-32(40)35-29(33(3,4)5)30(38)37-22-34(42-9,21-28(37)31(39)41-8)26-16-15-24-20-27(36(6)7)23(11-2)18-25(24)19-26/h10-11,15-16,18-20,28-29H,1-2,12-14,17,21-22H2,3-9H3,(H,35,40)/t28-,29+,34-/m0/s1. The van der Waals surface area contributed by atoms with Crippen molar-refractivity contribution in [3.8, 4) is 0 Å². The molecule has 43 heavy (non-hydrogen) atoms. The summed E-state index contributed by atoms with van der Waals surface area (Å²) in [5, 5.41) is 4.79. The number of allylic oxidation sites excluding steroid dienone is 1. The van der Waals surface area contributed by atoms with Crippen LogP contribution in [0.1, 0.15) is 57.6 Å². The molecule has 9 nitrogen and oxygen atoms in total. The third-order valence-corrected chi connectivity index (χ3v) is 8.10. The van der Waals surface area contributed by atoms with Crippen molar-refractivity contribution in [2.24, 2.45) is 5.41 Å². The van der Waals surface area contributed by atoms with Gasteiger partial charge in [0.05, 0.1) is 20.3 Å². The molecule has 3 rings (SSSR count). The molecule has 0 bridgehead atoms. The fourth-order valence-corrected chi connectivity index (χ4v) is 5.59. The summed E-state index contributed by atoms with van der Waals surface area (Å²) in [4.78, 5) is 43.5. The van der Waals surface area contributed by atoms with Crippen LogP contribution >= 0.6 is 0 Å². The molecule has 2 aromatic carbocycles. The van der Waals surface area contributed by atoms with E-state index >= 15 is 0 Å². The van der Waals surface area contributed by atoms with Gasteiger partial charge in [0.25, 0.3) is 0 Å². The van der Waals surface area contributed by atoms with Crippen molar-refractivity contribution in [1.82, 2.24) is 10.2 Å². The normalized spacial score (nSPS) is 19.0. The fraction of sp³-hybridized carbons (Fsp3) is 0.500.